The Hall–Kier alpha value is -2.11. The van der Waals surface area contributed by atoms with E-state index in [0.29, 0.717) is 17.4 Å². The number of nitrogens with one attached hydrogen (secondary N) is 1. The summed E-state index contributed by atoms with van der Waals surface area (Å²) in [6.45, 7) is 4.69. The molecule has 0 aliphatic rings. The molecule has 0 aromatic carbocycles. The van der Waals surface area contributed by atoms with E-state index in [1.54, 1.807) is 13.3 Å². The maximum absolute atomic E-state index is 5.37. The Labute approximate surface area is 99.7 Å². The molecule has 0 amide bonds. The Kier molecular flexibility index (Phi) is 3.22. The molecule has 0 radical (unpaired) electrons. The monoisotopic (exact) mass is 233 g/mol. The number of aryl methyl sites for hydroxylation is 1. The lowest BCUT2D eigenvalue weighted by molar-refractivity contribution is 0.410. The Morgan fingerprint density at radius 3 is 2.76 bits per heavy atom. The number of ether oxygens (including phenoxy) is 1. The summed E-state index contributed by atoms with van der Waals surface area (Å²) in [5.74, 6) is 2.85. The van der Waals surface area contributed by atoms with Crippen molar-refractivity contribution in [3.05, 3.63) is 24.5 Å². The van der Waals surface area contributed by atoms with Crippen molar-refractivity contribution in [2.75, 3.05) is 19.0 Å². The van der Waals surface area contributed by atoms with Crippen molar-refractivity contribution in [3.63, 3.8) is 0 Å². The maximum Gasteiger partial charge on any atom is 0.205 e. The third kappa shape index (κ3) is 2.06. The number of methoxy groups -OCH3 is 1. The van der Waals surface area contributed by atoms with Crippen LogP contribution in [0.15, 0.2) is 18.7 Å². The molecule has 0 aliphatic carbocycles. The molecule has 2 heterocycles. The lowest BCUT2D eigenvalue weighted by atomic mass is 10.4. The van der Waals surface area contributed by atoms with Crippen LogP contribution in [0.4, 0.5) is 5.82 Å². The van der Waals surface area contributed by atoms with Gasteiger partial charge in [0, 0.05) is 18.9 Å². The lowest BCUT2D eigenvalue weighted by Crippen LogP contribution is -2.08. The summed E-state index contributed by atoms with van der Waals surface area (Å²) in [4.78, 5) is 12.6. The van der Waals surface area contributed by atoms with E-state index in [1.165, 1.54) is 6.33 Å². The highest BCUT2D eigenvalue weighted by Gasteiger charge is 2.14. The van der Waals surface area contributed by atoms with Gasteiger partial charge >= 0.3 is 0 Å². The highest BCUT2D eigenvalue weighted by atomic mass is 16.5. The number of aromatic nitrogens is 4. The van der Waals surface area contributed by atoms with Crippen molar-refractivity contribution in [1.29, 1.82) is 0 Å². The second-order valence-corrected chi connectivity index (χ2v) is 3.45. The SMILES string of the molecule is CCNc1ncnc(-n2ccnc2C)c1OC. The maximum atomic E-state index is 5.37. The van der Waals surface area contributed by atoms with Crippen LogP contribution in [0.1, 0.15) is 12.7 Å². The summed E-state index contributed by atoms with van der Waals surface area (Å²) in [6, 6.07) is 0. The molecule has 0 spiro atoms. The topological polar surface area (TPSA) is 64.9 Å². The average molecular weight is 233 g/mol. The van der Waals surface area contributed by atoms with Gasteiger partial charge in [0.1, 0.15) is 12.2 Å². The quantitative estimate of drug-likeness (QED) is 0.865. The predicted octanol–water partition coefficient (Wildman–Crippen LogP) is 1.41. The molecule has 0 bridgehead atoms. The van der Waals surface area contributed by atoms with E-state index in [1.807, 2.05) is 24.6 Å². The molecule has 90 valence electrons. The number of rotatable bonds is 4. The lowest BCUT2D eigenvalue weighted by Gasteiger charge is -2.13. The van der Waals surface area contributed by atoms with Crippen molar-refractivity contribution in [1.82, 2.24) is 19.5 Å². The summed E-state index contributed by atoms with van der Waals surface area (Å²) in [6.07, 6.45) is 5.08. The smallest absolute Gasteiger partial charge is 0.205 e. The molecular weight excluding hydrogens is 218 g/mol. The van der Waals surface area contributed by atoms with Crippen molar-refractivity contribution in [3.8, 4) is 11.6 Å². The molecule has 2 aromatic rings. The first kappa shape index (κ1) is 11.4. The van der Waals surface area contributed by atoms with Gasteiger partial charge in [0.15, 0.2) is 11.6 Å². The van der Waals surface area contributed by atoms with Crippen LogP contribution in [0.3, 0.4) is 0 Å². The van der Waals surface area contributed by atoms with Crippen LogP contribution in [0.2, 0.25) is 0 Å². The highest BCUT2D eigenvalue weighted by molar-refractivity contribution is 5.58. The fourth-order valence-electron chi connectivity index (χ4n) is 1.62. The fourth-order valence-corrected chi connectivity index (χ4v) is 1.62. The summed E-state index contributed by atoms with van der Waals surface area (Å²) < 4.78 is 7.23. The van der Waals surface area contributed by atoms with Crippen molar-refractivity contribution >= 4 is 5.82 Å². The Morgan fingerprint density at radius 1 is 1.35 bits per heavy atom. The minimum absolute atomic E-state index is 0.621. The molecule has 2 rings (SSSR count). The third-order valence-electron chi connectivity index (χ3n) is 2.39. The minimum atomic E-state index is 0.621. The van der Waals surface area contributed by atoms with E-state index < -0.39 is 0 Å². The van der Waals surface area contributed by atoms with E-state index in [9.17, 15) is 0 Å². The third-order valence-corrected chi connectivity index (χ3v) is 2.39. The van der Waals surface area contributed by atoms with E-state index >= 15 is 0 Å². The fraction of sp³-hybridized carbons (Fsp3) is 0.364. The van der Waals surface area contributed by atoms with Crippen LogP contribution in [-0.4, -0.2) is 33.2 Å². The number of hydrogen-bond donors (Lipinski definition) is 1. The Morgan fingerprint density at radius 2 is 2.18 bits per heavy atom. The molecule has 0 aliphatic heterocycles. The van der Waals surface area contributed by atoms with Crippen molar-refractivity contribution in [2.24, 2.45) is 0 Å². The van der Waals surface area contributed by atoms with Crippen LogP contribution in [-0.2, 0) is 0 Å². The molecule has 0 fully saturated rings. The summed E-state index contributed by atoms with van der Waals surface area (Å²) in [5.41, 5.74) is 0. The van der Waals surface area contributed by atoms with Crippen molar-refractivity contribution in [2.45, 2.75) is 13.8 Å². The molecule has 17 heavy (non-hydrogen) atoms. The van der Waals surface area contributed by atoms with Gasteiger partial charge in [0.2, 0.25) is 5.75 Å². The molecule has 0 saturated carbocycles. The van der Waals surface area contributed by atoms with Gasteiger partial charge in [0.05, 0.1) is 7.11 Å². The number of nitrogens with zero attached hydrogens (tertiary/aromatic N) is 4. The van der Waals surface area contributed by atoms with E-state index in [0.717, 1.165) is 12.4 Å². The van der Waals surface area contributed by atoms with Crippen LogP contribution in [0.25, 0.3) is 5.82 Å². The first-order valence-electron chi connectivity index (χ1n) is 5.41. The second kappa shape index (κ2) is 4.82. The molecule has 0 unspecified atom stereocenters. The van der Waals surface area contributed by atoms with Gasteiger partial charge in [-0.25, -0.2) is 15.0 Å². The molecule has 2 aromatic heterocycles. The first-order valence-corrected chi connectivity index (χ1v) is 5.41. The average Bonchev–Trinajstić information content (AvgIpc) is 2.75. The normalized spacial score (nSPS) is 10.3. The highest BCUT2D eigenvalue weighted by Crippen LogP contribution is 2.27. The van der Waals surface area contributed by atoms with Crippen LogP contribution >= 0.6 is 0 Å². The zero-order valence-electron chi connectivity index (χ0n) is 10.1. The van der Waals surface area contributed by atoms with Gasteiger partial charge in [-0.1, -0.05) is 0 Å². The summed E-state index contributed by atoms with van der Waals surface area (Å²) in [5, 5.41) is 3.14. The molecular formula is C11H15N5O. The number of hydrogen-bond acceptors (Lipinski definition) is 5. The molecule has 6 heteroatoms. The van der Waals surface area contributed by atoms with Gasteiger partial charge in [-0.05, 0) is 13.8 Å². The zero-order chi connectivity index (χ0) is 12.3. The first-order chi connectivity index (χ1) is 8.27. The predicted molar refractivity (Wildman–Crippen MR) is 64.6 cm³/mol. The number of anilines is 1. The van der Waals surface area contributed by atoms with Gasteiger partial charge < -0.3 is 10.1 Å². The molecule has 0 atom stereocenters. The zero-order valence-corrected chi connectivity index (χ0v) is 10.1. The van der Waals surface area contributed by atoms with Crippen LogP contribution in [0.5, 0.6) is 5.75 Å². The summed E-state index contributed by atoms with van der Waals surface area (Å²) in [7, 11) is 1.61. The Bertz CT molecular complexity index is 508. The summed E-state index contributed by atoms with van der Waals surface area (Å²) >= 11 is 0. The van der Waals surface area contributed by atoms with E-state index in [-0.39, 0.29) is 0 Å². The van der Waals surface area contributed by atoms with E-state index in [4.69, 9.17) is 4.74 Å². The standard InChI is InChI=1S/C11H15N5O/c1-4-12-10-9(17-3)11(15-7-14-10)16-6-5-13-8(16)2/h5-7H,4H2,1-3H3,(H,12,14,15). The van der Waals surface area contributed by atoms with Crippen LogP contribution in [0, 0.1) is 6.92 Å². The molecule has 1 N–H and O–H groups in total. The number of imidazole rings is 1. The van der Waals surface area contributed by atoms with Gasteiger partial charge in [-0.15, -0.1) is 0 Å². The van der Waals surface area contributed by atoms with Crippen LogP contribution < -0.4 is 10.1 Å². The largest absolute Gasteiger partial charge is 0.490 e. The second-order valence-electron chi connectivity index (χ2n) is 3.45. The van der Waals surface area contributed by atoms with Crippen molar-refractivity contribution < 1.29 is 4.74 Å². The van der Waals surface area contributed by atoms with Gasteiger partial charge in [0.25, 0.3) is 0 Å². The van der Waals surface area contributed by atoms with Gasteiger partial charge in [-0.3, -0.25) is 4.57 Å². The minimum Gasteiger partial charge on any atom is -0.490 e. The van der Waals surface area contributed by atoms with E-state index in [2.05, 4.69) is 20.3 Å². The molecule has 6 nitrogen and oxygen atoms in total. The molecule has 0 saturated heterocycles. The van der Waals surface area contributed by atoms with Gasteiger partial charge in [-0.2, -0.15) is 0 Å². The Balaban J connectivity index is 2.54.